The predicted octanol–water partition coefficient (Wildman–Crippen LogP) is 4.02. The number of hydrogen-bond donors (Lipinski definition) is 0. The van der Waals surface area contributed by atoms with Crippen molar-refractivity contribution in [1.82, 2.24) is 9.88 Å². The number of carbonyl (C=O) groups is 1. The molecule has 1 aromatic heterocycles. The van der Waals surface area contributed by atoms with Crippen molar-refractivity contribution in [1.29, 1.82) is 0 Å². The maximum absolute atomic E-state index is 12.7. The fourth-order valence-electron chi connectivity index (χ4n) is 3.49. The van der Waals surface area contributed by atoms with Crippen LogP contribution in [0.25, 0.3) is 10.6 Å². The average molecular weight is 408 g/mol. The molecule has 6 heteroatoms. The van der Waals surface area contributed by atoms with E-state index in [-0.39, 0.29) is 5.91 Å². The molecule has 0 unspecified atom stereocenters. The molecule has 2 aromatic carbocycles. The van der Waals surface area contributed by atoms with Crippen LogP contribution in [-0.4, -0.2) is 49.1 Å². The summed E-state index contributed by atoms with van der Waals surface area (Å²) in [5.41, 5.74) is 4.36. The Hall–Kier alpha value is -2.86. The van der Waals surface area contributed by atoms with E-state index in [0.717, 1.165) is 48.2 Å². The van der Waals surface area contributed by atoms with Crippen LogP contribution in [0.15, 0.2) is 53.9 Å². The molecule has 0 spiro atoms. The van der Waals surface area contributed by atoms with Gasteiger partial charge in [-0.25, -0.2) is 4.98 Å². The topological polar surface area (TPSA) is 45.7 Å². The van der Waals surface area contributed by atoms with Crippen molar-refractivity contribution in [2.45, 2.75) is 13.3 Å². The SMILES string of the molecule is COc1ccc(N2CCN(C(=O)Cc3csc(-c4ccc(C)cc4)n3)CC2)cc1. The third kappa shape index (κ3) is 4.59. The Bertz CT molecular complexity index is 959. The van der Waals surface area contributed by atoms with Gasteiger partial charge >= 0.3 is 0 Å². The first kappa shape index (κ1) is 19.5. The highest BCUT2D eigenvalue weighted by Gasteiger charge is 2.22. The van der Waals surface area contributed by atoms with Crippen LogP contribution >= 0.6 is 11.3 Å². The summed E-state index contributed by atoms with van der Waals surface area (Å²) in [5.74, 6) is 1.01. The van der Waals surface area contributed by atoms with E-state index in [0.29, 0.717) is 6.42 Å². The van der Waals surface area contributed by atoms with Crippen molar-refractivity contribution in [3.63, 3.8) is 0 Å². The van der Waals surface area contributed by atoms with E-state index in [2.05, 4.69) is 53.2 Å². The van der Waals surface area contributed by atoms with Crippen molar-refractivity contribution >= 4 is 22.9 Å². The highest BCUT2D eigenvalue weighted by molar-refractivity contribution is 7.13. The summed E-state index contributed by atoms with van der Waals surface area (Å²) in [6.07, 6.45) is 0.366. The summed E-state index contributed by atoms with van der Waals surface area (Å²) in [7, 11) is 1.67. The fourth-order valence-corrected chi connectivity index (χ4v) is 4.32. The number of rotatable bonds is 5. The molecule has 3 aromatic rings. The summed E-state index contributed by atoms with van der Waals surface area (Å²) in [6, 6.07) is 16.4. The minimum absolute atomic E-state index is 0.153. The summed E-state index contributed by atoms with van der Waals surface area (Å²) in [6.45, 7) is 5.22. The zero-order chi connectivity index (χ0) is 20.2. The maximum Gasteiger partial charge on any atom is 0.228 e. The summed E-state index contributed by atoms with van der Waals surface area (Å²) in [4.78, 5) is 21.7. The van der Waals surface area contributed by atoms with Gasteiger partial charge in [-0.05, 0) is 31.2 Å². The Kier molecular flexibility index (Phi) is 5.81. The predicted molar refractivity (Wildman–Crippen MR) is 118 cm³/mol. The number of ether oxygens (including phenoxy) is 1. The number of methoxy groups -OCH3 is 1. The average Bonchev–Trinajstić information content (AvgIpc) is 3.23. The Labute approximate surface area is 175 Å². The van der Waals surface area contributed by atoms with E-state index in [1.165, 1.54) is 11.3 Å². The van der Waals surface area contributed by atoms with Crippen LogP contribution in [0.2, 0.25) is 0 Å². The van der Waals surface area contributed by atoms with Crippen molar-refractivity contribution < 1.29 is 9.53 Å². The van der Waals surface area contributed by atoms with Crippen molar-refractivity contribution in [2.75, 3.05) is 38.2 Å². The maximum atomic E-state index is 12.7. The lowest BCUT2D eigenvalue weighted by atomic mass is 10.2. The van der Waals surface area contributed by atoms with Crippen LogP contribution in [0.5, 0.6) is 5.75 Å². The molecule has 0 atom stereocenters. The first-order valence-corrected chi connectivity index (χ1v) is 10.7. The molecule has 1 fully saturated rings. The third-order valence-electron chi connectivity index (χ3n) is 5.25. The molecule has 0 N–H and O–H groups in total. The van der Waals surface area contributed by atoms with Crippen molar-refractivity contribution in [3.05, 3.63) is 65.2 Å². The normalized spacial score (nSPS) is 14.1. The monoisotopic (exact) mass is 407 g/mol. The van der Waals surface area contributed by atoms with Gasteiger partial charge in [0.05, 0.1) is 19.2 Å². The largest absolute Gasteiger partial charge is 0.497 e. The van der Waals surface area contributed by atoms with E-state index < -0.39 is 0 Å². The van der Waals surface area contributed by atoms with Crippen LogP contribution in [0.1, 0.15) is 11.3 Å². The highest BCUT2D eigenvalue weighted by Crippen LogP contribution is 2.25. The molecular formula is C23H25N3O2S. The van der Waals surface area contributed by atoms with Gasteiger partial charge in [0, 0.05) is 42.8 Å². The van der Waals surface area contributed by atoms with Gasteiger partial charge in [-0.15, -0.1) is 11.3 Å². The lowest BCUT2D eigenvalue weighted by Crippen LogP contribution is -2.49. The molecule has 0 bridgehead atoms. The fraction of sp³-hybridized carbons (Fsp3) is 0.304. The molecule has 0 aliphatic carbocycles. The smallest absolute Gasteiger partial charge is 0.228 e. The molecular weight excluding hydrogens is 382 g/mol. The van der Waals surface area contributed by atoms with Crippen LogP contribution < -0.4 is 9.64 Å². The van der Waals surface area contributed by atoms with E-state index in [9.17, 15) is 4.79 Å². The second-order valence-electron chi connectivity index (χ2n) is 7.25. The van der Waals surface area contributed by atoms with Crippen LogP contribution in [0.3, 0.4) is 0 Å². The second kappa shape index (κ2) is 8.66. The van der Waals surface area contributed by atoms with E-state index >= 15 is 0 Å². The number of thiazole rings is 1. The second-order valence-corrected chi connectivity index (χ2v) is 8.11. The molecule has 0 saturated carbocycles. The molecule has 1 aliphatic heterocycles. The number of piperazine rings is 1. The standard InChI is InChI=1S/C23H25N3O2S/c1-17-3-5-18(6-4-17)23-24-19(16-29-23)15-22(27)26-13-11-25(12-14-26)20-7-9-21(28-2)10-8-20/h3-10,16H,11-15H2,1-2H3. The molecule has 4 rings (SSSR count). The van der Waals surface area contributed by atoms with Gasteiger partial charge in [0.25, 0.3) is 0 Å². The molecule has 150 valence electrons. The number of anilines is 1. The van der Waals surface area contributed by atoms with E-state index in [1.54, 1.807) is 18.4 Å². The number of amides is 1. The molecule has 0 radical (unpaired) electrons. The number of carbonyl (C=O) groups excluding carboxylic acids is 1. The van der Waals surface area contributed by atoms with Crippen LogP contribution in [-0.2, 0) is 11.2 Å². The molecule has 1 amide bonds. The van der Waals surface area contributed by atoms with Gasteiger partial charge in [0.15, 0.2) is 0 Å². The minimum Gasteiger partial charge on any atom is -0.497 e. The Morgan fingerprint density at radius 2 is 1.72 bits per heavy atom. The Balaban J connectivity index is 1.32. The number of aryl methyl sites for hydroxylation is 1. The summed E-state index contributed by atoms with van der Waals surface area (Å²) < 4.78 is 5.22. The van der Waals surface area contributed by atoms with Gasteiger partial charge in [-0.3, -0.25) is 4.79 Å². The van der Waals surface area contributed by atoms with Crippen molar-refractivity contribution in [3.8, 4) is 16.3 Å². The first-order valence-electron chi connectivity index (χ1n) is 9.80. The number of hydrogen-bond acceptors (Lipinski definition) is 5. The highest BCUT2D eigenvalue weighted by atomic mass is 32.1. The molecule has 5 nitrogen and oxygen atoms in total. The first-order chi connectivity index (χ1) is 14.1. The van der Waals surface area contributed by atoms with Crippen LogP contribution in [0.4, 0.5) is 5.69 Å². The molecule has 1 aliphatic rings. The van der Waals surface area contributed by atoms with Crippen molar-refractivity contribution in [2.24, 2.45) is 0 Å². The van der Waals surface area contributed by atoms with E-state index in [1.807, 2.05) is 22.4 Å². The summed E-state index contributed by atoms with van der Waals surface area (Å²) >= 11 is 1.60. The minimum atomic E-state index is 0.153. The van der Waals surface area contributed by atoms with Gasteiger partial charge in [0.1, 0.15) is 10.8 Å². The lowest BCUT2D eigenvalue weighted by Gasteiger charge is -2.36. The van der Waals surface area contributed by atoms with Gasteiger partial charge in [0.2, 0.25) is 5.91 Å². The van der Waals surface area contributed by atoms with E-state index in [4.69, 9.17) is 4.74 Å². The Morgan fingerprint density at radius 3 is 2.38 bits per heavy atom. The quantitative estimate of drug-likeness (QED) is 0.641. The molecule has 1 saturated heterocycles. The summed E-state index contributed by atoms with van der Waals surface area (Å²) in [5, 5.41) is 2.97. The zero-order valence-corrected chi connectivity index (χ0v) is 17.6. The number of aromatic nitrogens is 1. The third-order valence-corrected chi connectivity index (χ3v) is 6.19. The Morgan fingerprint density at radius 1 is 1.03 bits per heavy atom. The van der Waals surface area contributed by atoms with Gasteiger partial charge in [-0.1, -0.05) is 29.8 Å². The molecule has 2 heterocycles. The van der Waals surface area contributed by atoms with Gasteiger partial charge in [-0.2, -0.15) is 0 Å². The number of nitrogens with zero attached hydrogens (tertiary/aromatic N) is 3. The molecule has 29 heavy (non-hydrogen) atoms. The lowest BCUT2D eigenvalue weighted by molar-refractivity contribution is -0.130. The van der Waals surface area contributed by atoms with Crippen LogP contribution in [0, 0.1) is 6.92 Å². The van der Waals surface area contributed by atoms with Gasteiger partial charge < -0.3 is 14.5 Å². The number of benzene rings is 2. The zero-order valence-electron chi connectivity index (χ0n) is 16.8.